The van der Waals surface area contributed by atoms with Crippen molar-refractivity contribution in [3.8, 4) is 0 Å². The number of hydrogen-bond donors (Lipinski definition) is 2. The van der Waals surface area contributed by atoms with Crippen molar-refractivity contribution in [3.63, 3.8) is 0 Å². The Hall–Kier alpha value is -1.97. The first-order valence-corrected chi connectivity index (χ1v) is 11.4. The van der Waals surface area contributed by atoms with Crippen LogP contribution in [0.5, 0.6) is 0 Å². The number of guanidine groups is 1. The number of aliphatic imine (C=N–C) groups is 1. The molecule has 0 aliphatic carbocycles. The van der Waals surface area contributed by atoms with E-state index in [0.717, 1.165) is 50.7 Å². The zero-order valence-electron chi connectivity index (χ0n) is 17.8. The number of nitrogens with zero attached hydrogens (tertiary/aromatic N) is 3. The summed E-state index contributed by atoms with van der Waals surface area (Å²) in [5.41, 5.74) is 3.90. The van der Waals surface area contributed by atoms with Gasteiger partial charge in [-0.3, -0.25) is 14.9 Å². The molecule has 1 aliphatic rings. The Morgan fingerprint density at radius 1 is 1.13 bits per heavy atom. The van der Waals surface area contributed by atoms with Crippen molar-refractivity contribution in [2.75, 3.05) is 26.7 Å². The molecule has 2 aromatic heterocycles. The lowest BCUT2D eigenvalue weighted by molar-refractivity contribution is 0.181. The summed E-state index contributed by atoms with van der Waals surface area (Å²) in [5.74, 6) is 0.833. The SMILES string of the molecule is CN=C(NCCc1ccccn1)NCC(c1ccccc1)N1CCc2sccc2C1.I. The molecule has 1 atom stereocenters. The van der Waals surface area contributed by atoms with Crippen molar-refractivity contribution in [3.05, 3.63) is 87.9 Å². The Bertz CT molecular complexity index is 945. The fraction of sp³-hybridized carbons (Fsp3) is 0.333. The van der Waals surface area contributed by atoms with Gasteiger partial charge in [0.15, 0.2) is 5.96 Å². The van der Waals surface area contributed by atoms with Crippen molar-refractivity contribution in [2.24, 2.45) is 4.99 Å². The molecule has 1 aromatic carbocycles. The highest BCUT2D eigenvalue weighted by atomic mass is 127. The van der Waals surface area contributed by atoms with Gasteiger partial charge in [-0.1, -0.05) is 36.4 Å². The van der Waals surface area contributed by atoms with E-state index in [0.29, 0.717) is 6.04 Å². The third kappa shape index (κ3) is 6.51. The van der Waals surface area contributed by atoms with E-state index in [1.54, 1.807) is 0 Å². The molecule has 1 aliphatic heterocycles. The van der Waals surface area contributed by atoms with Gasteiger partial charge in [-0.05, 0) is 41.1 Å². The van der Waals surface area contributed by atoms with Gasteiger partial charge < -0.3 is 10.6 Å². The van der Waals surface area contributed by atoms with Crippen molar-refractivity contribution in [1.29, 1.82) is 0 Å². The minimum atomic E-state index is 0. The van der Waals surface area contributed by atoms with Crippen molar-refractivity contribution < 1.29 is 0 Å². The average molecular weight is 548 g/mol. The predicted molar refractivity (Wildman–Crippen MR) is 140 cm³/mol. The summed E-state index contributed by atoms with van der Waals surface area (Å²) in [6, 6.07) is 19.4. The Labute approximate surface area is 206 Å². The van der Waals surface area contributed by atoms with Crippen LogP contribution in [0.4, 0.5) is 0 Å². The Morgan fingerprint density at radius 3 is 2.74 bits per heavy atom. The minimum absolute atomic E-state index is 0. The predicted octanol–water partition coefficient (Wildman–Crippen LogP) is 4.27. The van der Waals surface area contributed by atoms with Crippen LogP contribution in [0.3, 0.4) is 0 Å². The molecule has 0 saturated carbocycles. The number of benzene rings is 1. The highest BCUT2D eigenvalue weighted by Gasteiger charge is 2.25. The number of nitrogens with one attached hydrogen (secondary N) is 2. The third-order valence-corrected chi connectivity index (χ3v) is 6.57. The maximum atomic E-state index is 4.41. The second-order valence-corrected chi connectivity index (χ2v) is 8.47. The van der Waals surface area contributed by atoms with Gasteiger partial charge in [0.05, 0.1) is 6.04 Å². The van der Waals surface area contributed by atoms with Crippen LogP contribution in [0, 0.1) is 0 Å². The van der Waals surface area contributed by atoms with Crippen LogP contribution < -0.4 is 10.6 Å². The molecule has 0 bridgehead atoms. The highest BCUT2D eigenvalue weighted by molar-refractivity contribution is 14.0. The van der Waals surface area contributed by atoms with Gasteiger partial charge in [0, 0.05) is 56.4 Å². The van der Waals surface area contributed by atoms with Crippen LogP contribution in [0.2, 0.25) is 0 Å². The molecule has 0 radical (unpaired) electrons. The van der Waals surface area contributed by atoms with E-state index in [1.165, 1.54) is 16.0 Å². The Morgan fingerprint density at radius 2 is 1.97 bits per heavy atom. The monoisotopic (exact) mass is 547 g/mol. The Balaban J connectivity index is 0.00000272. The van der Waals surface area contributed by atoms with E-state index >= 15 is 0 Å². The van der Waals surface area contributed by atoms with Gasteiger partial charge in [-0.25, -0.2) is 0 Å². The molecule has 4 rings (SSSR count). The highest BCUT2D eigenvalue weighted by Crippen LogP contribution is 2.30. The van der Waals surface area contributed by atoms with Crippen LogP contribution in [-0.2, 0) is 19.4 Å². The molecule has 0 saturated heterocycles. The van der Waals surface area contributed by atoms with E-state index < -0.39 is 0 Å². The molecule has 2 N–H and O–H groups in total. The first-order valence-electron chi connectivity index (χ1n) is 10.5. The number of rotatable bonds is 7. The van der Waals surface area contributed by atoms with Gasteiger partial charge in [-0.2, -0.15) is 0 Å². The molecule has 3 aromatic rings. The van der Waals surface area contributed by atoms with Crippen LogP contribution in [-0.4, -0.2) is 42.5 Å². The fourth-order valence-electron chi connectivity index (χ4n) is 3.94. The zero-order chi connectivity index (χ0) is 20.6. The molecule has 164 valence electrons. The summed E-state index contributed by atoms with van der Waals surface area (Å²) < 4.78 is 0. The molecule has 1 unspecified atom stereocenters. The maximum absolute atomic E-state index is 4.41. The summed E-state index contributed by atoms with van der Waals surface area (Å²) in [6.45, 7) is 3.70. The van der Waals surface area contributed by atoms with Crippen LogP contribution in [0.1, 0.15) is 27.7 Å². The molecule has 0 spiro atoms. The first-order chi connectivity index (χ1) is 14.8. The number of pyridine rings is 1. The van der Waals surface area contributed by atoms with E-state index in [-0.39, 0.29) is 24.0 Å². The van der Waals surface area contributed by atoms with Crippen LogP contribution in [0.15, 0.2) is 71.2 Å². The number of hydrogen-bond acceptors (Lipinski definition) is 4. The molecule has 3 heterocycles. The lowest BCUT2D eigenvalue weighted by Crippen LogP contribution is -2.44. The van der Waals surface area contributed by atoms with Crippen LogP contribution in [0.25, 0.3) is 0 Å². The third-order valence-electron chi connectivity index (χ3n) is 5.55. The summed E-state index contributed by atoms with van der Waals surface area (Å²) in [6.07, 6.45) is 3.84. The quantitative estimate of drug-likeness (QED) is 0.264. The minimum Gasteiger partial charge on any atom is -0.356 e. The first kappa shape index (κ1) is 23.7. The summed E-state index contributed by atoms with van der Waals surface area (Å²) in [5, 5.41) is 9.19. The Kier molecular flexibility index (Phi) is 9.30. The largest absolute Gasteiger partial charge is 0.356 e. The molecule has 5 nitrogen and oxygen atoms in total. The lowest BCUT2D eigenvalue weighted by atomic mass is 10.0. The van der Waals surface area contributed by atoms with Gasteiger partial charge >= 0.3 is 0 Å². The van der Waals surface area contributed by atoms with Crippen molar-refractivity contribution >= 4 is 41.3 Å². The molecule has 0 amide bonds. The van der Waals surface area contributed by atoms with Gasteiger partial charge in [0.2, 0.25) is 0 Å². The van der Waals surface area contributed by atoms with Crippen molar-refractivity contribution in [1.82, 2.24) is 20.5 Å². The number of thiophene rings is 1. The molecule has 0 fully saturated rings. The summed E-state index contributed by atoms with van der Waals surface area (Å²) in [7, 11) is 1.83. The average Bonchev–Trinajstić information content (AvgIpc) is 3.27. The lowest BCUT2D eigenvalue weighted by Gasteiger charge is -2.35. The normalized spacial score (nSPS) is 14.9. The summed E-state index contributed by atoms with van der Waals surface area (Å²) >= 11 is 1.89. The van der Waals surface area contributed by atoms with Gasteiger partial charge in [0.1, 0.15) is 0 Å². The number of aromatic nitrogens is 1. The molecule has 31 heavy (non-hydrogen) atoms. The van der Waals surface area contributed by atoms with E-state index in [1.807, 2.05) is 36.7 Å². The van der Waals surface area contributed by atoms with Gasteiger partial charge in [0.25, 0.3) is 0 Å². The summed E-state index contributed by atoms with van der Waals surface area (Å²) in [4.78, 5) is 12.9. The second kappa shape index (κ2) is 12.2. The van der Waals surface area contributed by atoms with E-state index in [2.05, 4.69) is 73.4 Å². The van der Waals surface area contributed by atoms with E-state index in [9.17, 15) is 0 Å². The van der Waals surface area contributed by atoms with Gasteiger partial charge in [-0.15, -0.1) is 35.3 Å². The van der Waals surface area contributed by atoms with E-state index in [4.69, 9.17) is 0 Å². The number of halogens is 1. The van der Waals surface area contributed by atoms with Crippen molar-refractivity contribution in [2.45, 2.75) is 25.4 Å². The smallest absolute Gasteiger partial charge is 0.191 e. The molecule has 7 heteroatoms. The topological polar surface area (TPSA) is 52.6 Å². The maximum Gasteiger partial charge on any atom is 0.191 e. The van der Waals surface area contributed by atoms with Crippen LogP contribution >= 0.6 is 35.3 Å². The molecular formula is C24H30IN5S. The standard InChI is InChI=1S/C24H29N5S.HI/c1-25-24(27-14-10-21-9-5-6-13-26-21)28-17-22(19-7-3-2-4-8-19)29-15-11-23-20(18-29)12-16-30-23;/h2-9,12-13,16,22H,10-11,14-15,17-18H2,1H3,(H2,25,27,28);1H. The zero-order valence-corrected chi connectivity index (χ0v) is 21.0. The second-order valence-electron chi connectivity index (χ2n) is 7.47. The molecular weight excluding hydrogens is 517 g/mol. The number of fused-ring (bicyclic) bond motifs is 1. The fourth-order valence-corrected chi connectivity index (χ4v) is 4.83.